The Labute approximate surface area is 116 Å². The van der Waals surface area contributed by atoms with Gasteiger partial charge in [0.25, 0.3) is 0 Å². The maximum atomic E-state index is 3.74. The first-order valence-corrected chi connectivity index (χ1v) is 8.24. The summed E-state index contributed by atoms with van der Waals surface area (Å²) in [5.41, 5.74) is 0.479. The fraction of sp³-hybridized carbons (Fsp3) is 0.714. The molecule has 0 amide bonds. The van der Waals surface area contributed by atoms with Gasteiger partial charge in [-0.25, -0.2) is 0 Å². The van der Waals surface area contributed by atoms with Crippen LogP contribution >= 0.6 is 27.3 Å². The molecule has 0 saturated heterocycles. The average Bonchev–Trinajstić information content (AvgIpc) is 3.16. The fourth-order valence-corrected chi connectivity index (χ4v) is 4.32. The highest BCUT2D eigenvalue weighted by atomic mass is 79.9. The first-order valence-electron chi connectivity index (χ1n) is 6.63. The summed E-state index contributed by atoms with van der Waals surface area (Å²) in [6.45, 7) is 3.69. The minimum atomic E-state index is 0.479. The average molecular weight is 314 g/mol. The van der Waals surface area contributed by atoms with Crippen LogP contribution in [0.15, 0.2) is 15.9 Å². The van der Waals surface area contributed by atoms with Crippen molar-refractivity contribution in [2.75, 3.05) is 6.54 Å². The van der Waals surface area contributed by atoms with E-state index in [4.69, 9.17) is 0 Å². The monoisotopic (exact) mass is 313 g/mol. The summed E-state index contributed by atoms with van der Waals surface area (Å²) >= 11 is 5.47. The van der Waals surface area contributed by atoms with Crippen molar-refractivity contribution >= 4 is 27.3 Å². The zero-order chi connectivity index (χ0) is 11.9. The van der Waals surface area contributed by atoms with Crippen molar-refractivity contribution in [2.24, 2.45) is 11.3 Å². The molecule has 0 aromatic carbocycles. The summed E-state index contributed by atoms with van der Waals surface area (Å²) in [4.78, 5) is 1.53. The number of thiophene rings is 1. The Bertz CT molecular complexity index is 395. The predicted octanol–water partition coefficient (Wildman–Crippen LogP) is 4.22. The van der Waals surface area contributed by atoms with Gasteiger partial charge in [0.15, 0.2) is 0 Å². The summed E-state index contributed by atoms with van der Waals surface area (Å²) in [7, 11) is 0. The molecule has 1 unspecified atom stereocenters. The standard InChI is InChI=1S/C14H20BrNS/c1-14(10-2-3-10,9-16-11-4-5-11)8-12-6-7-13(15)17-12/h6-7,10-11,16H,2-5,8-9H2,1H3. The van der Waals surface area contributed by atoms with E-state index in [0.29, 0.717) is 5.41 Å². The van der Waals surface area contributed by atoms with E-state index in [0.717, 1.165) is 12.0 Å². The molecule has 17 heavy (non-hydrogen) atoms. The summed E-state index contributed by atoms with van der Waals surface area (Å²) in [5, 5.41) is 3.74. The van der Waals surface area contributed by atoms with Crippen LogP contribution in [0.25, 0.3) is 0 Å². The fourth-order valence-electron chi connectivity index (χ4n) is 2.64. The molecule has 0 aliphatic heterocycles. The van der Waals surface area contributed by atoms with Gasteiger partial charge in [-0.1, -0.05) is 6.92 Å². The summed E-state index contributed by atoms with van der Waals surface area (Å²) in [6, 6.07) is 5.30. The second kappa shape index (κ2) is 4.67. The Balaban J connectivity index is 1.65. The van der Waals surface area contributed by atoms with Gasteiger partial charge in [0, 0.05) is 17.5 Å². The number of nitrogens with one attached hydrogen (secondary N) is 1. The van der Waals surface area contributed by atoms with Crippen molar-refractivity contribution in [2.45, 2.75) is 45.1 Å². The highest BCUT2D eigenvalue weighted by molar-refractivity contribution is 9.11. The van der Waals surface area contributed by atoms with E-state index in [-0.39, 0.29) is 0 Å². The molecule has 2 saturated carbocycles. The summed E-state index contributed by atoms with van der Waals surface area (Å²) in [5.74, 6) is 0.953. The molecule has 3 heteroatoms. The van der Waals surface area contributed by atoms with Crippen LogP contribution in [0.4, 0.5) is 0 Å². The third-order valence-corrected chi connectivity index (χ3v) is 5.77. The Kier molecular flexibility index (Phi) is 3.35. The predicted molar refractivity (Wildman–Crippen MR) is 77.6 cm³/mol. The molecule has 1 heterocycles. The highest BCUT2D eigenvalue weighted by Crippen LogP contribution is 2.48. The zero-order valence-electron chi connectivity index (χ0n) is 10.3. The van der Waals surface area contributed by atoms with Crippen LogP contribution in [0.5, 0.6) is 0 Å². The second-order valence-electron chi connectivity index (χ2n) is 5.97. The number of hydrogen-bond donors (Lipinski definition) is 1. The Morgan fingerprint density at radius 2 is 2.12 bits per heavy atom. The van der Waals surface area contributed by atoms with Gasteiger partial charge in [-0.15, -0.1) is 11.3 Å². The van der Waals surface area contributed by atoms with Crippen molar-refractivity contribution in [3.8, 4) is 0 Å². The Morgan fingerprint density at radius 1 is 1.35 bits per heavy atom. The molecule has 1 aromatic rings. The van der Waals surface area contributed by atoms with E-state index in [1.165, 1.54) is 47.3 Å². The van der Waals surface area contributed by atoms with Crippen LogP contribution in [-0.2, 0) is 6.42 Å². The van der Waals surface area contributed by atoms with Gasteiger partial charge in [0.2, 0.25) is 0 Å². The smallest absolute Gasteiger partial charge is 0.0701 e. The van der Waals surface area contributed by atoms with Crippen molar-refractivity contribution in [1.82, 2.24) is 5.32 Å². The minimum absolute atomic E-state index is 0.479. The van der Waals surface area contributed by atoms with Crippen molar-refractivity contribution in [3.63, 3.8) is 0 Å². The molecule has 3 rings (SSSR count). The molecular formula is C14H20BrNS. The highest BCUT2D eigenvalue weighted by Gasteiger charge is 2.42. The molecular weight excluding hydrogens is 294 g/mol. The Hall–Kier alpha value is 0.140. The molecule has 1 nitrogen and oxygen atoms in total. The van der Waals surface area contributed by atoms with Gasteiger partial charge < -0.3 is 5.32 Å². The summed E-state index contributed by atoms with van der Waals surface area (Å²) < 4.78 is 1.26. The van der Waals surface area contributed by atoms with Crippen LogP contribution in [-0.4, -0.2) is 12.6 Å². The molecule has 2 fully saturated rings. The lowest BCUT2D eigenvalue weighted by Gasteiger charge is -2.30. The molecule has 1 atom stereocenters. The topological polar surface area (TPSA) is 12.0 Å². The van der Waals surface area contributed by atoms with Crippen LogP contribution in [0, 0.1) is 11.3 Å². The maximum absolute atomic E-state index is 3.74. The molecule has 94 valence electrons. The van der Waals surface area contributed by atoms with E-state index >= 15 is 0 Å². The third kappa shape index (κ3) is 3.12. The third-order valence-electron chi connectivity index (χ3n) is 4.14. The zero-order valence-corrected chi connectivity index (χ0v) is 12.7. The number of hydrogen-bond acceptors (Lipinski definition) is 2. The Morgan fingerprint density at radius 3 is 2.65 bits per heavy atom. The van der Waals surface area contributed by atoms with E-state index in [2.05, 4.69) is 40.3 Å². The largest absolute Gasteiger partial charge is 0.313 e. The first kappa shape index (κ1) is 12.2. The quantitative estimate of drug-likeness (QED) is 0.829. The molecule has 2 aliphatic carbocycles. The molecule has 0 spiro atoms. The maximum Gasteiger partial charge on any atom is 0.0701 e. The van der Waals surface area contributed by atoms with Crippen LogP contribution in [0.2, 0.25) is 0 Å². The molecule has 0 radical (unpaired) electrons. The van der Waals surface area contributed by atoms with E-state index in [1.54, 1.807) is 0 Å². The van der Waals surface area contributed by atoms with Crippen molar-refractivity contribution in [3.05, 3.63) is 20.8 Å². The SMILES string of the molecule is CC(CNC1CC1)(Cc1ccc(Br)s1)C1CC1. The van der Waals surface area contributed by atoms with Crippen LogP contribution < -0.4 is 5.32 Å². The molecule has 1 N–H and O–H groups in total. The van der Waals surface area contributed by atoms with E-state index in [1.807, 2.05) is 11.3 Å². The van der Waals surface area contributed by atoms with Gasteiger partial charge in [0.1, 0.15) is 0 Å². The van der Waals surface area contributed by atoms with Crippen LogP contribution in [0.3, 0.4) is 0 Å². The normalized spacial score (nSPS) is 23.6. The number of rotatable bonds is 6. The first-order chi connectivity index (χ1) is 8.16. The lowest BCUT2D eigenvalue weighted by atomic mass is 9.81. The lowest BCUT2D eigenvalue weighted by Crippen LogP contribution is -2.36. The summed E-state index contributed by atoms with van der Waals surface area (Å²) in [6.07, 6.45) is 6.91. The minimum Gasteiger partial charge on any atom is -0.313 e. The van der Waals surface area contributed by atoms with E-state index in [9.17, 15) is 0 Å². The van der Waals surface area contributed by atoms with Crippen molar-refractivity contribution in [1.29, 1.82) is 0 Å². The lowest BCUT2D eigenvalue weighted by molar-refractivity contribution is 0.256. The van der Waals surface area contributed by atoms with Gasteiger partial charge in [-0.3, -0.25) is 0 Å². The van der Waals surface area contributed by atoms with Gasteiger partial charge >= 0.3 is 0 Å². The second-order valence-corrected chi connectivity index (χ2v) is 8.51. The van der Waals surface area contributed by atoms with Gasteiger partial charge in [-0.05, 0) is 71.5 Å². The molecule has 1 aromatic heterocycles. The van der Waals surface area contributed by atoms with Gasteiger partial charge in [-0.2, -0.15) is 0 Å². The molecule has 0 bridgehead atoms. The molecule has 2 aliphatic rings. The van der Waals surface area contributed by atoms with E-state index < -0.39 is 0 Å². The van der Waals surface area contributed by atoms with Gasteiger partial charge in [0.05, 0.1) is 3.79 Å². The number of halogens is 1. The van der Waals surface area contributed by atoms with Crippen LogP contribution in [0.1, 0.15) is 37.5 Å². The van der Waals surface area contributed by atoms with Crippen molar-refractivity contribution < 1.29 is 0 Å².